The topological polar surface area (TPSA) is 92.5 Å². The summed E-state index contributed by atoms with van der Waals surface area (Å²) in [7, 11) is 0. The van der Waals surface area contributed by atoms with Crippen molar-refractivity contribution < 1.29 is 0 Å². The number of nitrogen functional groups attached to an aromatic ring is 1. The van der Waals surface area contributed by atoms with E-state index in [1.807, 2.05) is 0 Å². The van der Waals surface area contributed by atoms with Gasteiger partial charge in [-0.15, -0.1) is 0 Å². The van der Waals surface area contributed by atoms with Crippen molar-refractivity contribution in [1.29, 1.82) is 0 Å². The zero-order valence-corrected chi connectivity index (χ0v) is 11.1. The zero-order valence-electron chi connectivity index (χ0n) is 11.1. The number of hydrogen-bond acceptors (Lipinski definition) is 5. The Kier molecular flexibility index (Phi) is 3.36. The Morgan fingerprint density at radius 1 is 1.22 bits per heavy atom. The maximum absolute atomic E-state index is 5.72. The van der Waals surface area contributed by atoms with Crippen molar-refractivity contribution in [2.24, 2.45) is 0 Å². The van der Waals surface area contributed by atoms with E-state index >= 15 is 0 Å². The van der Waals surface area contributed by atoms with Gasteiger partial charge in [0, 0.05) is 5.54 Å². The number of aromatic nitrogens is 4. The highest BCUT2D eigenvalue weighted by atomic mass is 15.2. The highest BCUT2D eigenvalue weighted by Gasteiger charge is 2.25. The van der Waals surface area contributed by atoms with Crippen LogP contribution in [0.4, 0.5) is 11.8 Å². The SMILES string of the molecule is CCC(CC)(CC)Nc1nc(N)nc2[nH]ncc12. The first kappa shape index (κ1) is 12.6. The lowest BCUT2D eigenvalue weighted by Crippen LogP contribution is -2.36. The Balaban J connectivity index is 2.44. The number of rotatable bonds is 5. The second kappa shape index (κ2) is 4.80. The van der Waals surface area contributed by atoms with E-state index in [1.54, 1.807) is 6.20 Å². The molecule has 0 radical (unpaired) electrons. The van der Waals surface area contributed by atoms with Crippen molar-refractivity contribution in [3.8, 4) is 0 Å². The summed E-state index contributed by atoms with van der Waals surface area (Å²) in [5, 5.41) is 11.2. The molecule has 0 aromatic carbocycles. The van der Waals surface area contributed by atoms with Crippen LogP contribution in [0.3, 0.4) is 0 Å². The van der Waals surface area contributed by atoms with Gasteiger partial charge in [-0.25, -0.2) is 0 Å². The van der Waals surface area contributed by atoms with E-state index in [2.05, 4.69) is 46.3 Å². The lowest BCUT2D eigenvalue weighted by molar-refractivity contribution is 0.419. The zero-order chi connectivity index (χ0) is 13.2. The lowest BCUT2D eigenvalue weighted by Gasteiger charge is -2.32. The minimum Gasteiger partial charge on any atom is -0.368 e. The smallest absolute Gasteiger partial charge is 0.224 e. The number of H-pyrrole nitrogens is 1. The summed E-state index contributed by atoms with van der Waals surface area (Å²) in [6.45, 7) is 6.53. The van der Waals surface area contributed by atoms with Crippen molar-refractivity contribution in [1.82, 2.24) is 20.2 Å². The molecule has 2 rings (SSSR count). The van der Waals surface area contributed by atoms with Crippen LogP contribution >= 0.6 is 0 Å². The van der Waals surface area contributed by atoms with Crippen LogP contribution < -0.4 is 11.1 Å². The molecule has 2 aromatic heterocycles. The van der Waals surface area contributed by atoms with Crippen LogP contribution in [0.5, 0.6) is 0 Å². The summed E-state index contributed by atoms with van der Waals surface area (Å²) in [4.78, 5) is 8.41. The van der Waals surface area contributed by atoms with Crippen molar-refractivity contribution >= 4 is 22.8 Å². The highest BCUT2D eigenvalue weighted by Crippen LogP contribution is 2.28. The van der Waals surface area contributed by atoms with Crippen LogP contribution in [-0.2, 0) is 0 Å². The largest absolute Gasteiger partial charge is 0.368 e. The van der Waals surface area contributed by atoms with Gasteiger partial charge >= 0.3 is 0 Å². The van der Waals surface area contributed by atoms with E-state index in [0.29, 0.717) is 5.65 Å². The normalized spacial score (nSPS) is 11.9. The summed E-state index contributed by atoms with van der Waals surface area (Å²) < 4.78 is 0. The molecular formula is C12H20N6. The number of anilines is 2. The molecule has 0 saturated carbocycles. The third-order valence-electron chi connectivity index (χ3n) is 3.74. The number of aromatic amines is 1. The first-order valence-electron chi connectivity index (χ1n) is 6.39. The average molecular weight is 248 g/mol. The third-order valence-corrected chi connectivity index (χ3v) is 3.74. The minimum atomic E-state index is 0.0466. The van der Waals surface area contributed by atoms with Gasteiger partial charge in [0.25, 0.3) is 0 Å². The van der Waals surface area contributed by atoms with Gasteiger partial charge in [0.15, 0.2) is 5.65 Å². The molecule has 0 aliphatic carbocycles. The number of nitrogens with two attached hydrogens (primary N) is 1. The molecule has 0 bridgehead atoms. The van der Waals surface area contributed by atoms with Crippen LogP contribution in [-0.4, -0.2) is 25.7 Å². The van der Waals surface area contributed by atoms with Crippen molar-refractivity contribution in [2.75, 3.05) is 11.1 Å². The molecule has 0 saturated heterocycles. The summed E-state index contributed by atoms with van der Waals surface area (Å²) >= 11 is 0. The van der Waals surface area contributed by atoms with Gasteiger partial charge in [-0.3, -0.25) is 5.10 Å². The van der Waals surface area contributed by atoms with Gasteiger partial charge < -0.3 is 11.1 Å². The van der Waals surface area contributed by atoms with Gasteiger partial charge in [0.2, 0.25) is 5.95 Å². The molecule has 18 heavy (non-hydrogen) atoms. The van der Waals surface area contributed by atoms with E-state index in [1.165, 1.54) is 0 Å². The Morgan fingerprint density at radius 2 is 1.89 bits per heavy atom. The second-order valence-electron chi connectivity index (χ2n) is 4.53. The standard InChI is InChI=1S/C12H20N6/c1-4-12(5-2,6-3)17-9-8-7-14-18-10(8)16-11(13)15-9/h7H,4-6H2,1-3H3,(H4,13,14,15,16,17,18). The number of nitrogens with one attached hydrogen (secondary N) is 2. The van der Waals surface area contributed by atoms with E-state index in [4.69, 9.17) is 5.73 Å². The quantitative estimate of drug-likeness (QED) is 0.755. The second-order valence-corrected chi connectivity index (χ2v) is 4.53. The monoisotopic (exact) mass is 248 g/mol. The van der Waals surface area contributed by atoms with Crippen molar-refractivity contribution in [3.05, 3.63) is 6.20 Å². The fourth-order valence-electron chi connectivity index (χ4n) is 2.21. The van der Waals surface area contributed by atoms with Crippen LogP contribution in [0.2, 0.25) is 0 Å². The molecule has 0 aliphatic rings. The van der Waals surface area contributed by atoms with Crippen LogP contribution in [0.1, 0.15) is 40.0 Å². The first-order valence-corrected chi connectivity index (χ1v) is 6.39. The molecule has 2 aromatic rings. The predicted molar refractivity (Wildman–Crippen MR) is 73.3 cm³/mol. The maximum Gasteiger partial charge on any atom is 0.224 e. The maximum atomic E-state index is 5.72. The van der Waals surface area contributed by atoms with E-state index in [9.17, 15) is 0 Å². The van der Waals surface area contributed by atoms with Gasteiger partial charge in [-0.2, -0.15) is 15.1 Å². The number of nitrogens with zero attached hydrogens (tertiary/aromatic N) is 3. The lowest BCUT2D eigenvalue weighted by atomic mass is 9.90. The third kappa shape index (κ3) is 2.10. The molecule has 0 atom stereocenters. The van der Waals surface area contributed by atoms with E-state index < -0.39 is 0 Å². The van der Waals surface area contributed by atoms with Gasteiger partial charge in [-0.05, 0) is 19.3 Å². The van der Waals surface area contributed by atoms with E-state index in [-0.39, 0.29) is 11.5 Å². The summed E-state index contributed by atoms with van der Waals surface area (Å²) in [5.74, 6) is 1.02. The van der Waals surface area contributed by atoms with Crippen molar-refractivity contribution in [3.63, 3.8) is 0 Å². The Labute approximate surface area is 106 Å². The number of hydrogen-bond donors (Lipinski definition) is 3. The van der Waals surface area contributed by atoms with Crippen molar-refractivity contribution in [2.45, 2.75) is 45.6 Å². The Bertz CT molecular complexity index is 520. The fraction of sp³-hybridized carbons (Fsp3) is 0.583. The summed E-state index contributed by atoms with van der Waals surface area (Å²) in [6.07, 6.45) is 4.82. The molecule has 0 spiro atoms. The molecule has 98 valence electrons. The van der Waals surface area contributed by atoms with Crippen LogP contribution in [0.25, 0.3) is 11.0 Å². The molecule has 0 unspecified atom stereocenters. The molecule has 0 amide bonds. The average Bonchev–Trinajstić information content (AvgIpc) is 2.84. The predicted octanol–water partition coefficient (Wildman–Crippen LogP) is 2.32. The Hall–Kier alpha value is -1.85. The summed E-state index contributed by atoms with van der Waals surface area (Å²) in [5.41, 5.74) is 6.43. The van der Waals surface area contributed by atoms with E-state index in [0.717, 1.165) is 30.5 Å². The Morgan fingerprint density at radius 3 is 2.50 bits per heavy atom. The van der Waals surface area contributed by atoms with Crippen LogP contribution in [0, 0.1) is 0 Å². The summed E-state index contributed by atoms with van der Waals surface area (Å²) in [6, 6.07) is 0. The number of fused-ring (bicyclic) bond motifs is 1. The first-order chi connectivity index (χ1) is 8.64. The molecular weight excluding hydrogens is 228 g/mol. The molecule has 0 aliphatic heterocycles. The van der Waals surface area contributed by atoms with Gasteiger partial charge in [-0.1, -0.05) is 20.8 Å². The van der Waals surface area contributed by atoms with Crippen LogP contribution in [0.15, 0.2) is 6.20 Å². The highest BCUT2D eigenvalue weighted by molar-refractivity contribution is 5.87. The minimum absolute atomic E-state index is 0.0466. The molecule has 6 nitrogen and oxygen atoms in total. The fourth-order valence-corrected chi connectivity index (χ4v) is 2.21. The molecule has 4 N–H and O–H groups in total. The van der Waals surface area contributed by atoms with Gasteiger partial charge in [0.1, 0.15) is 5.82 Å². The molecule has 6 heteroatoms. The molecule has 0 fully saturated rings. The van der Waals surface area contributed by atoms with Gasteiger partial charge in [0.05, 0.1) is 11.6 Å². The molecule has 2 heterocycles.